The number of fused-ring (bicyclic) bond motifs is 2. The molecule has 3 unspecified atom stereocenters. The number of nitrogens with zero attached hydrogens (tertiary/aromatic N) is 4. The fraction of sp³-hybridized carbons (Fsp3) is 0.345. The van der Waals surface area contributed by atoms with Gasteiger partial charge in [0.05, 0.1) is 23.6 Å². The summed E-state index contributed by atoms with van der Waals surface area (Å²) in [5.41, 5.74) is 4.85. The molecule has 3 aromatic rings. The lowest BCUT2D eigenvalue weighted by Gasteiger charge is -2.41. The van der Waals surface area contributed by atoms with E-state index in [1.165, 1.54) is 0 Å². The number of para-hydroxylation sites is 1. The van der Waals surface area contributed by atoms with Crippen LogP contribution in [-0.4, -0.2) is 84.8 Å². The minimum absolute atomic E-state index is 0.00271. The molecule has 8 nitrogen and oxygen atoms in total. The summed E-state index contributed by atoms with van der Waals surface area (Å²) in [6.07, 6.45) is 0. The lowest BCUT2D eigenvalue weighted by Crippen LogP contribution is -2.59. The average molecular weight is 498 g/mol. The molecule has 0 aromatic heterocycles. The van der Waals surface area contributed by atoms with E-state index in [9.17, 15) is 14.4 Å². The predicted octanol–water partition coefficient (Wildman–Crippen LogP) is 2.22. The summed E-state index contributed by atoms with van der Waals surface area (Å²) in [6.45, 7) is 3.18. The number of hydrogen-bond acceptors (Lipinski definition) is 5. The van der Waals surface area contributed by atoms with Gasteiger partial charge in [-0.25, -0.2) is 10.4 Å². The molecule has 6 rings (SSSR count). The number of carbonyl (C=O) groups excluding carboxylic acids is 3. The standard InChI is InChI=1S/C29H31N5O3/c1-31-18-24(26-25(19-31)29(37)34(30-26)21-10-3-2-4-11-21)28(36)33-16-14-32(15-17-33)27(35)23-13-7-9-20-8-5-6-12-22(20)23/h2-13,24-26,30H,14-19H2,1H3. The van der Waals surface area contributed by atoms with Crippen LogP contribution >= 0.6 is 0 Å². The van der Waals surface area contributed by atoms with Gasteiger partial charge in [0.1, 0.15) is 0 Å². The van der Waals surface area contributed by atoms with E-state index in [1.54, 1.807) is 5.01 Å². The Morgan fingerprint density at radius 1 is 0.811 bits per heavy atom. The number of piperazine rings is 1. The number of carbonyl (C=O) groups is 3. The fourth-order valence-corrected chi connectivity index (χ4v) is 6.00. The van der Waals surface area contributed by atoms with Crippen LogP contribution in [0.2, 0.25) is 0 Å². The van der Waals surface area contributed by atoms with Gasteiger partial charge >= 0.3 is 0 Å². The maximum atomic E-state index is 13.7. The molecule has 3 aliphatic heterocycles. The minimum atomic E-state index is -0.332. The molecule has 3 aromatic carbocycles. The van der Waals surface area contributed by atoms with Crippen molar-refractivity contribution in [1.82, 2.24) is 20.1 Å². The summed E-state index contributed by atoms with van der Waals surface area (Å²) in [6, 6.07) is 23.0. The molecule has 0 bridgehead atoms. The van der Waals surface area contributed by atoms with Crippen molar-refractivity contribution in [2.45, 2.75) is 6.04 Å². The molecule has 37 heavy (non-hydrogen) atoms. The Morgan fingerprint density at radius 2 is 1.49 bits per heavy atom. The van der Waals surface area contributed by atoms with Crippen molar-refractivity contribution < 1.29 is 14.4 Å². The lowest BCUT2D eigenvalue weighted by atomic mass is 9.84. The van der Waals surface area contributed by atoms with E-state index in [-0.39, 0.29) is 35.6 Å². The van der Waals surface area contributed by atoms with Gasteiger partial charge in [0, 0.05) is 44.8 Å². The zero-order chi connectivity index (χ0) is 25.5. The molecule has 0 saturated carbocycles. The van der Waals surface area contributed by atoms with Gasteiger partial charge in [0.2, 0.25) is 11.8 Å². The maximum Gasteiger partial charge on any atom is 0.254 e. The molecule has 3 saturated heterocycles. The molecule has 0 radical (unpaired) electrons. The first kappa shape index (κ1) is 23.6. The number of nitrogens with one attached hydrogen (secondary N) is 1. The van der Waals surface area contributed by atoms with Crippen molar-refractivity contribution in [3.8, 4) is 0 Å². The van der Waals surface area contributed by atoms with Gasteiger partial charge < -0.3 is 14.7 Å². The Bertz CT molecular complexity index is 1330. The molecule has 3 fully saturated rings. The van der Waals surface area contributed by atoms with Crippen LogP contribution in [0.3, 0.4) is 0 Å². The van der Waals surface area contributed by atoms with Crippen LogP contribution in [-0.2, 0) is 9.59 Å². The van der Waals surface area contributed by atoms with Crippen molar-refractivity contribution in [1.29, 1.82) is 0 Å². The fourth-order valence-electron chi connectivity index (χ4n) is 6.00. The highest BCUT2D eigenvalue weighted by Gasteiger charge is 2.51. The van der Waals surface area contributed by atoms with Crippen molar-refractivity contribution in [2.75, 3.05) is 51.3 Å². The van der Waals surface area contributed by atoms with E-state index in [1.807, 2.05) is 89.6 Å². The van der Waals surface area contributed by atoms with Gasteiger partial charge in [-0.1, -0.05) is 54.6 Å². The highest BCUT2D eigenvalue weighted by molar-refractivity contribution is 6.07. The highest BCUT2D eigenvalue weighted by atomic mass is 16.2. The molecule has 190 valence electrons. The third kappa shape index (κ3) is 4.26. The number of likely N-dealkylation sites (tertiary alicyclic amines) is 1. The average Bonchev–Trinajstić information content (AvgIpc) is 3.28. The predicted molar refractivity (Wildman–Crippen MR) is 142 cm³/mol. The molecule has 3 amide bonds. The van der Waals surface area contributed by atoms with Crippen LogP contribution < -0.4 is 10.4 Å². The van der Waals surface area contributed by atoms with E-state index in [4.69, 9.17) is 0 Å². The molecule has 3 atom stereocenters. The number of hydrogen-bond donors (Lipinski definition) is 1. The molecule has 3 aliphatic rings. The second-order valence-electron chi connectivity index (χ2n) is 10.2. The van der Waals surface area contributed by atoms with Gasteiger partial charge in [0.15, 0.2) is 0 Å². The third-order valence-electron chi connectivity index (χ3n) is 7.93. The summed E-state index contributed by atoms with van der Waals surface area (Å²) < 4.78 is 0. The largest absolute Gasteiger partial charge is 0.339 e. The Kier molecular flexibility index (Phi) is 6.14. The van der Waals surface area contributed by atoms with Crippen LogP contribution in [0.4, 0.5) is 5.69 Å². The first-order valence-electron chi connectivity index (χ1n) is 12.9. The second-order valence-corrected chi connectivity index (χ2v) is 10.2. The van der Waals surface area contributed by atoms with Crippen LogP contribution in [0.5, 0.6) is 0 Å². The normalized spacial score (nSPS) is 24.4. The van der Waals surface area contributed by atoms with Crippen molar-refractivity contribution in [3.05, 3.63) is 78.4 Å². The Labute approximate surface area is 216 Å². The number of hydrazine groups is 1. The number of rotatable bonds is 3. The van der Waals surface area contributed by atoms with Crippen molar-refractivity contribution in [2.24, 2.45) is 11.8 Å². The van der Waals surface area contributed by atoms with Crippen LogP contribution in [0.1, 0.15) is 10.4 Å². The number of amides is 3. The quantitative estimate of drug-likeness (QED) is 0.601. The van der Waals surface area contributed by atoms with Gasteiger partial charge in [-0.2, -0.15) is 0 Å². The number of piperidine rings is 1. The van der Waals surface area contributed by atoms with Gasteiger partial charge in [-0.05, 0) is 36.0 Å². The lowest BCUT2D eigenvalue weighted by molar-refractivity contribution is -0.140. The summed E-state index contributed by atoms with van der Waals surface area (Å²) in [5.74, 6) is -0.549. The van der Waals surface area contributed by atoms with E-state index in [2.05, 4.69) is 10.3 Å². The summed E-state index contributed by atoms with van der Waals surface area (Å²) in [5, 5.41) is 3.60. The molecule has 8 heteroatoms. The minimum Gasteiger partial charge on any atom is -0.339 e. The molecule has 0 spiro atoms. The van der Waals surface area contributed by atoms with Crippen LogP contribution in [0, 0.1) is 11.8 Å². The topological polar surface area (TPSA) is 76.2 Å². The van der Waals surface area contributed by atoms with Gasteiger partial charge in [0.25, 0.3) is 5.91 Å². The Hall–Kier alpha value is -3.75. The highest BCUT2D eigenvalue weighted by Crippen LogP contribution is 2.32. The monoisotopic (exact) mass is 497 g/mol. The zero-order valence-corrected chi connectivity index (χ0v) is 20.9. The molecule has 3 heterocycles. The SMILES string of the molecule is CN1CC(C(=O)N2CCN(C(=O)c3cccc4ccccc34)CC2)C2NN(c3ccccc3)C(=O)C2C1. The number of benzene rings is 3. The summed E-state index contributed by atoms with van der Waals surface area (Å²) in [7, 11) is 1.97. The molecule has 1 N–H and O–H groups in total. The van der Waals surface area contributed by atoms with Crippen molar-refractivity contribution >= 4 is 34.2 Å². The zero-order valence-electron chi connectivity index (χ0n) is 20.9. The smallest absolute Gasteiger partial charge is 0.254 e. The van der Waals surface area contributed by atoms with E-state index in [0.717, 1.165) is 16.5 Å². The van der Waals surface area contributed by atoms with E-state index < -0.39 is 0 Å². The number of anilines is 1. The van der Waals surface area contributed by atoms with E-state index in [0.29, 0.717) is 44.8 Å². The summed E-state index contributed by atoms with van der Waals surface area (Å²) in [4.78, 5) is 46.1. The second kappa shape index (κ2) is 9.61. The van der Waals surface area contributed by atoms with Gasteiger partial charge in [-0.15, -0.1) is 0 Å². The molecule has 0 aliphatic carbocycles. The first-order chi connectivity index (χ1) is 18.0. The van der Waals surface area contributed by atoms with Gasteiger partial charge in [-0.3, -0.25) is 14.4 Å². The molecular weight excluding hydrogens is 466 g/mol. The van der Waals surface area contributed by atoms with Crippen molar-refractivity contribution in [3.63, 3.8) is 0 Å². The molecular formula is C29H31N5O3. The Balaban J connectivity index is 1.15. The van der Waals surface area contributed by atoms with Crippen LogP contribution in [0.25, 0.3) is 10.8 Å². The Morgan fingerprint density at radius 3 is 2.27 bits per heavy atom. The third-order valence-corrected chi connectivity index (χ3v) is 7.93. The summed E-state index contributed by atoms with van der Waals surface area (Å²) >= 11 is 0. The first-order valence-corrected chi connectivity index (χ1v) is 12.9. The maximum absolute atomic E-state index is 13.7. The van der Waals surface area contributed by atoms with Crippen LogP contribution in [0.15, 0.2) is 72.8 Å². The van der Waals surface area contributed by atoms with E-state index >= 15 is 0 Å².